The van der Waals surface area contributed by atoms with E-state index < -0.39 is 11.7 Å². The Morgan fingerprint density at radius 2 is 1.85 bits per heavy atom. The van der Waals surface area contributed by atoms with Crippen molar-refractivity contribution >= 4 is 0 Å². The zero-order chi connectivity index (χ0) is 10.5. The Kier molecular flexibility index (Phi) is 5.53. The monoisotopic (exact) mass is 190 g/mol. The summed E-state index contributed by atoms with van der Waals surface area (Å²) in [7, 11) is 0. The van der Waals surface area contributed by atoms with E-state index in [1.54, 1.807) is 6.92 Å². The van der Waals surface area contributed by atoms with E-state index in [2.05, 4.69) is 13.8 Å². The second-order valence-corrected chi connectivity index (χ2v) is 4.12. The van der Waals surface area contributed by atoms with E-state index in [1.807, 2.05) is 0 Å². The van der Waals surface area contributed by atoms with Crippen LogP contribution in [0.3, 0.4) is 0 Å². The first-order valence-corrected chi connectivity index (χ1v) is 4.97. The van der Waals surface area contributed by atoms with E-state index >= 15 is 0 Å². The third kappa shape index (κ3) is 4.07. The second kappa shape index (κ2) is 5.58. The lowest BCUT2D eigenvalue weighted by Gasteiger charge is -2.31. The number of hydrogen-bond donors (Lipinski definition) is 3. The zero-order valence-electron chi connectivity index (χ0n) is 8.82. The number of hydrogen-bond acceptors (Lipinski definition) is 3. The highest BCUT2D eigenvalue weighted by Gasteiger charge is 2.33. The lowest BCUT2D eigenvalue weighted by molar-refractivity contribution is -0.112. The maximum absolute atomic E-state index is 9.84. The molecule has 0 aromatic heterocycles. The van der Waals surface area contributed by atoms with Gasteiger partial charge in [-0.25, -0.2) is 0 Å². The Hall–Kier alpha value is -0.120. The Morgan fingerprint density at radius 3 is 2.15 bits per heavy atom. The van der Waals surface area contributed by atoms with E-state index in [0.717, 1.165) is 6.42 Å². The van der Waals surface area contributed by atoms with Gasteiger partial charge in [0.05, 0.1) is 12.7 Å². The normalized spacial score (nSPS) is 18.7. The average Bonchev–Trinajstić information content (AvgIpc) is 2.12. The molecule has 0 saturated heterocycles. The van der Waals surface area contributed by atoms with Crippen molar-refractivity contribution in [2.45, 2.75) is 51.7 Å². The van der Waals surface area contributed by atoms with Crippen LogP contribution in [0.25, 0.3) is 0 Å². The molecule has 3 N–H and O–H groups in total. The highest BCUT2D eigenvalue weighted by atomic mass is 16.4. The molecule has 0 aliphatic heterocycles. The van der Waals surface area contributed by atoms with Gasteiger partial charge in [0.25, 0.3) is 0 Å². The summed E-state index contributed by atoms with van der Waals surface area (Å²) in [6, 6.07) is 0. The highest BCUT2D eigenvalue weighted by molar-refractivity contribution is 4.85. The van der Waals surface area contributed by atoms with Gasteiger partial charge >= 0.3 is 0 Å². The van der Waals surface area contributed by atoms with Crippen molar-refractivity contribution in [2.75, 3.05) is 6.61 Å². The summed E-state index contributed by atoms with van der Waals surface area (Å²) in [6.45, 7) is 5.53. The lowest BCUT2D eigenvalue weighted by Crippen LogP contribution is -2.45. The molecule has 0 aromatic carbocycles. The quantitative estimate of drug-likeness (QED) is 0.583. The molecular formula is C10H22O3. The van der Waals surface area contributed by atoms with Crippen molar-refractivity contribution < 1.29 is 15.3 Å². The molecule has 0 heterocycles. The van der Waals surface area contributed by atoms with Crippen molar-refractivity contribution in [3.8, 4) is 0 Å². The molecule has 80 valence electrons. The molecule has 0 amide bonds. The number of rotatable bonds is 6. The molecule has 0 fully saturated rings. The molecule has 0 bridgehead atoms. The Balaban J connectivity index is 4.11. The second-order valence-electron chi connectivity index (χ2n) is 4.12. The van der Waals surface area contributed by atoms with Gasteiger partial charge in [0.1, 0.15) is 5.60 Å². The number of aliphatic hydroxyl groups excluding tert-OH is 2. The predicted octanol–water partition coefficient (Wildman–Crippen LogP) is 0.917. The first-order chi connectivity index (χ1) is 5.96. The van der Waals surface area contributed by atoms with E-state index in [0.29, 0.717) is 18.8 Å². The van der Waals surface area contributed by atoms with Gasteiger partial charge in [0.15, 0.2) is 0 Å². The SMILES string of the molecule is CCC(O)C(O)(CO)CCC(C)C. The fourth-order valence-corrected chi connectivity index (χ4v) is 1.27. The first kappa shape index (κ1) is 12.9. The van der Waals surface area contributed by atoms with Crippen LogP contribution in [0.15, 0.2) is 0 Å². The van der Waals surface area contributed by atoms with Crippen LogP contribution in [-0.2, 0) is 0 Å². The minimum Gasteiger partial charge on any atom is -0.393 e. The van der Waals surface area contributed by atoms with Crippen LogP contribution in [-0.4, -0.2) is 33.6 Å². The van der Waals surface area contributed by atoms with E-state index in [9.17, 15) is 10.2 Å². The van der Waals surface area contributed by atoms with Crippen molar-refractivity contribution in [3.05, 3.63) is 0 Å². The van der Waals surface area contributed by atoms with Crippen LogP contribution in [0, 0.1) is 5.92 Å². The predicted molar refractivity (Wildman–Crippen MR) is 52.4 cm³/mol. The molecule has 0 radical (unpaired) electrons. The third-order valence-corrected chi connectivity index (χ3v) is 2.44. The van der Waals surface area contributed by atoms with Gasteiger partial charge in [0, 0.05) is 0 Å². The van der Waals surface area contributed by atoms with E-state index in [4.69, 9.17) is 5.11 Å². The van der Waals surface area contributed by atoms with Crippen LogP contribution < -0.4 is 0 Å². The van der Waals surface area contributed by atoms with Crippen LogP contribution in [0.5, 0.6) is 0 Å². The van der Waals surface area contributed by atoms with Crippen LogP contribution in [0.1, 0.15) is 40.0 Å². The van der Waals surface area contributed by atoms with E-state index in [-0.39, 0.29) is 6.61 Å². The smallest absolute Gasteiger partial charge is 0.113 e. The van der Waals surface area contributed by atoms with Gasteiger partial charge in [-0.3, -0.25) is 0 Å². The van der Waals surface area contributed by atoms with Crippen LogP contribution >= 0.6 is 0 Å². The highest BCUT2D eigenvalue weighted by Crippen LogP contribution is 2.21. The van der Waals surface area contributed by atoms with Crippen LogP contribution in [0.2, 0.25) is 0 Å². The van der Waals surface area contributed by atoms with Gasteiger partial charge in [-0.1, -0.05) is 20.8 Å². The third-order valence-electron chi connectivity index (χ3n) is 2.44. The lowest BCUT2D eigenvalue weighted by atomic mass is 9.88. The fraction of sp³-hybridized carbons (Fsp3) is 1.00. The van der Waals surface area contributed by atoms with Crippen molar-refractivity contribution in [2.24, 2.45) is 5.92 Å². The molecule has 2 atom stereocenters. The summed E-state index contributed by atoms with van der Waals surface area (Å²) in [5.41, 5.74) is -1.31. The molecule has 0 spiro atoms. The minimum atomic E-state index is -1.31. The summed E-state index contributed by atoms with van der Waals surface area (Å²) in [5.74, 6) is 0.474. The molecule has 0 aliphatic carbocycles. The Labute approximate surface area is 80.4 Å². The molecule has 2 unspecified atom stereocenters. The first-order valence-electron chi connectivity index (χ1n) is 4.97. The van der Waals surface area contributed by atoms with Crippen molar-refractivity contribution in [1.82, 2.24) is 0 Å². The zero-order valence-corrected chi connectivity index (χ0v) is 8.82. The summed E-state index contributed by atoms with van der Waals surface area (Å²) in [6.07, 6.45) is 0.913. The Bertz CT molecular complexity index is 136. The molecule has 0 saturated carbocycles. The van der Waals surface area contributed by atoms with Gasteiger partial charge in [0.2, 0.25) is 0 Å². The van der Waals surface area contributed by atoms with Crippen molar-refractivity contribution in [1.29, 1.82) is 0 Å². The molecular weight excluding hydrogens is 168 g/mol. The fourth-order valence-electron chi connectivity index (χ4n) is 1.27. The van der Waals surface area contributed by atoms with Gasteiger partial charge in [-0.15, -0.1) is 0 Å². The summed E-state index contributed by atoms with van der Waals surface area (Å²) >= 11 is 0. The topological polar surface area (TPSA) is 60.7 Å². The van der Waals surface area contributed by atoms with Gasteiger partial charge in [-0.2, -0.15) is 0 Å². The van der Waals surface area contributed by atoms with Gasteiger partial charge < -0.3 is 15.3 Å². The average molecular weight is 190 g/mol. The molecule has 3 heteroatoms. The largest absolute Gasteiger partial charge is 0.393 e. The van der Waals surface area contributed by atoms with Crippen LogP contribution in [0.4, 0.5) is 0 Å². The summed E-state index contributed by atoms with van der Waals surface area (Å²) in [4.78, 5) is 0. The molecule has 0 rings (SSSR count). The molecule has 13 heavy (non-hydrogen) atoms. The summed E-state index contributed by atoms with van der Waals surface area (Å²) < 4.78 is 0. The molecule has 0 aliphatic rings. The minimum absolute atomic E-state index is 0.366. The summed E-state index contributed by atoms with van der Waals surface area (Å²) in [5, 5.41) is 28.3. The standard InChI is InChI=1S/C10H22O3/c1-4-9(12)10(13,7-11)6-5-8(2)3/h8-9,11-13H,4-7H2,1-3H3. The Morgan fingerprint density at radius 1 is 1.31 bits per heavy atom. The van der Waals surface area contributed by atoms with Crippen molar-refractivity contribution in [3.63, 3.8) is 0 Å². The van der Waals surface area contributed by atoms with Gasteiger partial charge in [-0.05, 0) is 25.2 Å². The maximum Gasteiger partial charge on any atom is 0.113 e. The number of aliphatic hydroxyl groups is 3. The molecule has 3 nitrogen and oxygen atoms in total. The van der Waals surface area contributed by atoms with E-state index in [1.165, 1.54) is 0 Å². The molecule has 0 aromatic rings. The maximum atomic E-state index is 9.84.